The van der Waals surface area contributed by atoms with Gasteiger partial charge in [0.2, 0.25) is 0 Å². The fourth-order valence-corrected chi connectivity index (χ4v) is 4.53. The molecule has 1 unspecified atom stereocenters. The highest BCUT2D eigenvalue weighted by Crippen LogP contribution is 2.22. The predicted molar refractivity (Wildman–Crippen MR) is 135 cm³/mol. The molecule has 0 aromatic heterocycles. The Morgan fingerprint density at radius 2 is 1.61 bits per heavy atom. The molecule has 36 heavy (non-hydrogen) atoms. The minimum Gasteiger partial charge on any atom is -0.336 e. The highest BCUT2D eigenvalue weighted by molar-refractivity contribution is 6.07. The third-order valence-electron chi connectivity index (χ3n) is 6.89. The first-order valence-electron chi connectivity index (χ1n) is 12.4. The van der Waals surface area contributed by atoms with Gasteiger partial charge in [-0.3, -0.25) is 24.7 Å². The number of hydrogen-bond acceptors (Lipinski definition) is 5. The maximum atomic E-state index is 12.9. The van der Waals surface area contributed by atoms with Gasteiger partial charge < -0.3 is 10.2 Å². The second-order valence-electron chi connectivity index (χ2n) is 9.54. The van der Waals surface area contributed by atoms with E-state index in [2.05, 4.69) is 17.7 Å². The predicted octanol–water partition coefficient (Wildman–Crippen LogP) is 1.98. The SMILES string of the molecule is CCc1ccc(C(=O)N2CCN(CC(=O)NN3C(=O)NC(C)(CCc4ccccc4)C3=O)CC2)cc1. The molecule has 1 atom stereocenters. The van der Waals surface area contributed by atoms with Crippen LogP contribution >= 0.6 is 0 Å². The largest absolute Gasteiger partial charge is 0.344 e. The molecule has 2 fully saturated rings. The first kappa shape index (κ1) is 25.4. The lowest BCUT2D eigenvalue weighted by molar-refractivity contribution is -0.139. The summed E-state index contributed by atoms with van der Waals surface area (Å²) in [6.07, 6.45) is 1.97. The molecule has 0 bridgehead atoms. The Labute approximate surface area is 211 Å². The molecule has 0 radical (unpaired) electrons. The molecule has 2 aliphatic rings. The summed E-state index contributed by atoms with van der Waals surface area (Å²) in [5.41, 5.74) is 4.29. The summed E-state index contributed by atoms with van der Waals surface area (Å²) in [7, 11) is 0. The molecule has 2 N–H and O–H groups in total. The van der Waals surface area contributed by atoms with Crippen molar-refractivity contribution in [1.29, 1.82) is 0 Å². The fourth-order valence-electron chi connectivity index (χ4n) is 4.53. The minimum absolute atomic E-state index is 0.0177. The molecule has 190 valence electrons. The van der Waals surface area contributed by atoms with Crippen molar-refractivity contribution in [2.45, 2.75) is 38.6 Å². The molecule has 2 aliphatic heterocycles. The smallest absolute Gasteiger partial charge is 0.336 e. The zero-order valence-electron chi connectivity index (χ0n) is 20.8. The highest BCUT2D eigenvalue weighted by Gasteiger charge is 2.48. The van der Waals surface area contributed by atoms with Crippen LogP contribution in [-0.4, -0.2) is 76.8 Å². The Bertz CT molecular complexity index is 1110. The second kappa shape index (κ2) is 10.9. The molecule has 2 heterocycles. The Morgan fingerprint density at radius 1 is 0.944 bits per heavy atom. The molecule has 9 nitrogen and oxygen atoms in total. The quantitative estimate of drug-likeness (QED) is 0.550. The van der Waals surface area contributed by atoms with Gasteiger partial charge in [0.15, 0.2) is 0 Å². The number of amides is 5. The average molecular weight is 492 g/mol. The number of piperazine rings is 1. The molecular formula is C27H33N5O4. The Hall–Kier alpha value is -3.72. The summed E-state index contributed by atoms with van der Waals surface area (Å²) in [5, 5.41) is 3.50. The molecule has 5 amide bonds. The number of carbonyl (C=O) groups is 4. The standard InChI is InChI=1S/C27H33N5O4/c1-3-20-9-11-22(12-10-20)24(34)31-17-15-30(16-18-31)19-23(33)29-32-25(35)27(2,28-26(32)36)14-13-21-7-5-4-6-8-21/h4-12H,3,13-19H2,1-2H3,(H,28,36)(H,29,33). The van der Waals surface area contributed by atoms with Crippen LogP contribution in [0.25, 0.3) is 0 Å². The number of hydrogen-bond donors (Lipinski definition) is 2. The van der Waals surface area contributed by atoms with Crippen LogP contribution < -0.4 is 10.7 Å². The Balaban J connectivity index is 1.25. The summed E-state index contributed by atoms with van der Waals surface area (Å²) in [5.74, 6) is -0.932. The van der Waals surface area contributed by atoms with Crippen LogP contribution in [0.5, 0.6) is 0 Å². The molecule has 9 heteroatoms. The Morgan fingerprint density at radius 3 is 2.25 bits per heavy atom. The molecule has 2 aromatic carbocycles. The number of rotatable bonds is 8. The van der Waals surface area contributed by atoms with Gasteiger partial charge in [-0.25, -0.2) is 4.79 Å². The number of nitrogens with one attached hydrogen (secondary N) is 2. The third kappa shape index (κ3) is 5.73. The number of benzene rings is 2. The van der Waals surface area contributed by atoms with Crippen LogP contribution in [-0.2, 0) is 22.4 Å². The number of imide groups is 1. The number of hydrazine groups is 1. The van der Waals surface area contributed by atoms with E-state index in [-0.39, 0.29) is 12.5 Å². The lowest BCUT2D eigenvalue weighted by Crippen LogP contribution is -2.54. The van der Waals surface area contributed by atoms with Crippen molar-refractivity contribution in [3.63, 3.8) is 0 Å². The molecule has 0 saturated carbocycles. The molecule has 2 saturated heterocycles. The molecule has 0 aliphatic carbocycles. The first-order valence-corrected chi connectivity index (χ1v) is 12.4. The maximum absolute atomic E-state index is 12.9. The summed E-state index contributed by atoms with van der Waals surface area (Å²) in [6.45, 7) is 5.84. The van der Waals surface area contributed by atoms with Crippen molar-refractivity contribution in [3.8, 4) is 0 Å². The molecule has 2 aromatic rings. The van der Waals surface area contributed by atoms with Crippen molar-refractivity contribution >= 4 is 23.8 Å². The van der Waals surface area contributed by atoms with E-state index >= 15 is 0 Å². The van der Waals surface area contributed by atoms with Gasteiger partial charge in [0.05, 0.1) is 6.54 Å². The summed E-state index contributed by atoms with van der Waals surface area (Å²) < 4.78 is 0. The third-order valence-corrected chi connectivity index (χ3v) is 6.89. The summed E-state index contributed by atoms with van der Waals surface area (Å²) >= 11 is 0. The summed E-state index contributed by atoms with van der Waals surface area (Å²) in [6, 6.07) is 16.7. The van der Waals surface area contributed by atoms with Crippen LogP contribution in [0, 0.1) is 0 Å². The van der Waals surface area contributed by atoms with E-state index in [4.69, 9.17) is 0 Å². The van der Waals surface area contributed by atoms with Crippen LogP contribution in [0.15, 0.2) is 54.6 Å². The number of aryl methyl sites for hydroxylation is 2. The van der Waals surface area contributed by atoms with Gasteiger partial charge in [0.1, 0.15) is 5.54 Å². The lowest BCUT2D eigenvalue weighted by Gasteiger charge is -2.34. The van der Waals surface area contributed by atoms with Crippen LogP contribution in [0.4, 0.5) is 4.79 Å². The van der Waals surface area contributed by atoms with E-state index in [0.29, 0.717) is 44.6 Å². The zero-order valence-corrected chi connectivity index (χ0v) is 20.8. The van der Waals surface area contributed by atoms with Gasteiger partial charge >= 0.3 is 6.03 Å². The number of carbonyl (C=O) groups excluding carboxylic acids is 4. The van der Waals surface area contributed by atoms with Crippen molar-refractivity contribution < 1.29 is 19.2 Å². The summed E-state index contributed by atoms with van der Waals surface area (Å²) in [4.78, 5) is 54.5. The topological polar surface area (TPSA) is 102 Å². The monoisotopic (exact) mass is 491 g/mol. The van der Waals surface area contributed by atoms with E-state index in [9.17, 15) is 19.2 Å². The van der Waals surface area contributed by atoms with Gasteiger partial charge in [-0.05, 0) is 49.4 Å². The van der Waals surface area contributed by atoms with Gasteiger partial charge in [0.25, 0.3) is 17.7 Å². The lowest BCUT2D eigenvalue weighted by atomic mass is 9.93. The fraction of sp³-hybridized carbons (Fsp3) is 0.407. The molecule has 4 rings (SSSR count). The van der Waals surface area contributed by atoms with Gasteiger partial charge in [-0.15, -0.1) is 0 Å². The van der Waals surface area contributed by atoms with E-state index < -0.39 is 23.4 Å². The number of urea groups is 1. The van der Waals surface area contributed by atoms with Crippen molar-refractivity contribution in [2.75, 3.05) is 32.7 Å². The van der Waals surface area contributed by atoms with Gasteiger partial charge in [-0.2, -0.15) is 5.01 Å². The van der Waals surface area contributed by atoms with Crippen molar-refractivity contribution in [3.05, 3.63) is 71.3 Å². The van der Waals surface area contributed by atoms with Gasteiger partial charge in [0, 0.05) is 31.7 Å². The second-order valence-corrected chi connectivity index (χ2v) is 9.54. The van der Waals surface area contributed by atoms with E-state index in [1.165, 1.54) is 5.56 Å². The van der Waals surface area contributed by atoms with Crippen molar-refractivity contribution in [2.24, 2.45) is 0 Å². The maximum Gasteiger partial charge on any atom is 0.344 e. The van der Waals surface area contributed by atoms with Gasteiger partial charge in [-0.1, -0.05) is 49.4 Å². The first-order chi connectivity index (χ1) is 17.3. The Kier molecular flexibility index (Phi) is 7.69. The van der Waals surface area contributed by atoms with Crippen LogP contribution in [0.2, 0.25) is 0 Å². The van der Waals surface area contributed by atoms with E-state index in [1.54, 1.807) is 11.8 Å². The van der Waals surface area contributed by atoms with Crippen LogP contribution in [0.3, 0.4) is 0 Å². The number of nitrogens with zero attached hydrogens (tertiary/aromatic N) is 3. The van der Waals surface area contributed by atoms with E-state index in [1.807, 2.05) is 59.5 Å². The normalized spacial score (nSPS) is 20.4. The van der Waals surface area contributed by atoms with Crippen molar-refractivity contribution in [1.82, 2.24) is 25.6 Å². The zero-order chi connectivity index (χ0) is 25.7. The highest BCUT2D eigenvalue weighted by atomic mass is 16.2. The van der Waals surface area contributed by atoms with Crippen LogP contribution in [0.1, 0.15) is 41.8 Å². The molecular weight excluding hydrogens is 458 g/mol. The van der Waals surface area contributed by atoms with E-state index in [0.717, 1.165) is 17.0 Å². The molecule has 0 spiro atoms. The average Bonchev–Trinajstić information content (AvgIpc) is 3.11. The minimum atomic E-state index is -1.08.